The van der Waals surface area contributed by atoms with Crippen LogP contribution in [0.15, 0.2) is 0 Å². The molecule has 0 bridgehead atoms. The van der Waals surface area contributed by atoms with Gasteiger partial charge in [0.25, 0.3) is 0 Å². The molecule has 0 saturated heterocycles. The Morgan fingerprint density at radius 1 is 1.25 bits per heavy atom. The van der Waals surface area contributed by atoms with Crippen molar-refractivity contribution in [1.29, 1.82) is 0 Å². The highest BCUT2D eigenvalue weighted by Crippen LogP contribution is 2.38. The molecule has 2 rings (SSSR count). The molecule has 12 heavy (non-hydrogen) atoms. The van der Waals surface area contributed by atoms with Gasteiger partial charge in [0, 0.05) is 5.92 Å². The highest BCUT2D eigenvalue weighted by Gasteiger charge is 2.44. The molecule has 0 atom stereocenters. The number of nitrogens with two attached hydrogens (primary N) is 1. The van der Waals surface area contributed by atoms with E-state index >= 15 is 0 Å². The molecule has 0 spiro atoms. The third kappa shape index (κ3) is 1.64. The normalized spacial score (nSPS) is 26.4. The fourth-order valence-electron chi connectivity index (χ4n) is 2.00. The standard InChI is InChI=1S/C9H15NO.ClH/c10-9(5-1-2-6-9)8(11)7-3-4-7;/h7H,1-6,10H2;1H. The van der Waals surface area contributed by atoms with Crippen LogP contribution < -0.4 is 5.73 Å². The van der Waals surface area contributed by atoms with Crippen LogP contribution in [0.1, 0.15) is 38.5 Å². The molecular weight excluding hydrogens is 174 g/mol. The first-order valence-electron chi connectivity index (χ1n) is 4.56. The lowest BCUT2D eigenvalue weighted by Crippen LogP contribution is -2.46. The summed E-state index contributed by atoms with van der Waals surface area (Å²) in [6.07, 6.45) is 6.35. The van der Waals surface area contributed by atoms with E-state index < -0.39 is 5.54 Å². The third-order valence-corrected chi connectivity index (χ3v) is 2.93. The molecule has 0 aromatic heterocycles. The first-order chi connectivity index (χ1) is 5.22. The maximum Gasteiger partial charge on any atom is 0.155 e. The Morgan fingerprint density at radius 3 is 2.17 bits per heavy atom. The predicted molar refractivity (Wildman–Crippen MR) is 50.4 cm³/mol. The lowest BCUT2D eigenvalue weighted by molar-refractivity contribution is -0.125. The van der Waals surface area contributed by atoms with E-state index in [2.05, 4.69) is 0 Å². The van der Waals surface area contributed by atoms with Crippen molar-refractivity contribution in [3.05, 3.63) is 0 Å². The predicted octanol–water partition coefficient (Wildman–Crippen LogP) is 1.66. The van der Waals surface area contributed by atoms with Crippen LogP contribution in [0.2, 0.25) is 0 Å². The van der Waals surface area contributed by atoms with E-state index in [-0.39, 0.29) is 12.4 Å². The average molecular weight is 190 g/mol. The smallest absolute Gasteiger partial charge is 0.155 e. The van der Waals surface area contributed by atoms with E-state index in [4.69, 9.17) is 5.73 Å². The molecule has 70 valence electrons. The minimum absolute atomic E-state index is 0. The number of carbonyl (C=O) groups excluding carboxylic acids is 1. The molecule has 0 aliphatic heterocycles. The van der Waals surface area contributed by atoms with Gasteiger partial charge in [-0.1, -0.05) is 12.8 Å². The van der Waals surface area contributed by atoms with Gasteiger partial charge in [-0.25, -0.2) is 0 Å². The quantitative estimate of drug-likeness (QED) is 0.718. The van der Waals surface area contributed by atoms with Gasteiger partial charge in [-0.3, -0.25) is 4.79 Å². The van der Waals surface area contributed by atoms with Crippen LogP contribution in [0, 0.1) is 5.92 Å². The zero-order chi connectivity index (χ0) is 7.90. The Hall–Kier alpha value is -0.0800. The minimum Gasteiger partial charge on any atom is -0.319 e. The van der Waals surface area contributed by atoms with Crippen molar-refractivity contribution >= 4 is 18.2 Å². The van der Waals surface area contributed by atoms with E-state index in [1.807, 2.05) is 0 Å². The third-order valence-electron chi connectivity index (χ3n) is 2.93. The van der Waals surface area contributed by atoms with Crippen molar-refractivity contribution in [3.8, 4) is 0 Å². The maximum atomic E-state index is 11.6. The fraction of sp³-hybridized carbons (Fsp3) is 0.889. The summed E-state index contributed by atoms with van der Waals surface area (Å²) in [5.74, 6) is 0.702. The van der Waals surface area contributed by atoms with Crippen LogP contribution in [0.5, 0.6) is 0 Å². The molecule has 0 amide bonds. The summed E-state index contributed by atoms with van der Waals surface area (Å²) in [4.78, 5) is 11.6. The van der Waals surface area contributed by atoms with E-state index in [1.54, 1.807) is 0 Å². The second-order valence-electron chi connectivity index (χ2n) is 4.00. The van der Waals surface area contributed by atoms with Crippen molar-refractivity contribution in [2.45, 2.75) is 44.1 Å². The molecule has 3 heteroatoms. The second kappa shape index (κ2) is 3.35. The van der Waals surface area contributed by atoms with Crippen LogP contribution in [-0.2, 0) is 4.79 Å². The molecule has 2 N–H and O–H groups in total. The Balaban J connectivity index is 0.000000720. The number of hydrogen-bond donors (Lipinski definition) is 1. The van der Waals surface area contributed by atoms with Crippen molar-refractivity contribution in [2.75, 3.05) is 0 Å². The molecule has 2 fully saturated rings. The van der Waals surface area contributed by atoms with Crippen LogP contribution >= 0.6 is 12.4 Å². The summed E-state index contributed by atoms with van der Waals surface area (Å²) in [7, 11) is 0. The average Bonchev–Trinajstić information content (AvgIpc) is 2.74. The van der Waals surface area contributed by atoms with Crippen LogP contribution in [0.3, 0.4) is 0 Å². The SMILES string of the molecule is Cl.NC1(C(=O)C2CC2)CCCC1. The first kappa shape index (κ1) is 10.0. The molecule has 2 aliphatic carbocycles. The van der Waals surface area contributed by atoms with Crippen molar-refractivity contribution in [3.63, 3.8) is 0 Å². The van der Waals surface area contributed by atoms with Gasteiger partial charge in [-0.2, -0.15) is 0 Å². The molecule has 0 unspecified atom stereocenters. The van der Waals surface area contributed by atoms with Gasteiger partial charge in [0.1, 0.15) is 0 Å². The minimum atomic E-state index is -0.402. The van der Waals surface area contributed by atoms with Crippen molar-refractivity contribution in [1.82, 2.24) is 0 Å². The van der Waals surface area contributed by atoms with Crippen LogP contribution in [0.4, 0.5) is 0 Å². The van der Waals surface area contributed by atoms with Gasteiger partial charge >= 0.3 is 0 Å². The Morgan fingerprint density at radius 2 is 1.75 bits per heavy atom. The number of carbonyl (C=O) groups is 1. The van der Waals surface area contributed by atoms with E-state index in [0.717, 1.165) is 38.5 Å². The lowest BCUT2D eigenvalue weighted by Gasteiger charge is -2.21. The van der Waals surface area contributed by atoms with Gasteiger partial charge in [0.15, 0.2) is 5.78 Å². The zero-order valence-electron chi connectivity index (χ0n) is 7.21. The summed E-state index contributed by atoms with van der Waals surface area (Å²) in [5, 5.41) is 0. The van der Waals surface area contributed by atoms with Gasteiger partial charge < -0.3 is 5.73 Å². The zero-order valence-corrected chi connectivity index (χ0v) is 8.03. The monoisotopic (exact) mass is 189 g/mol. The number of Topliss-reactive ketones (excluding diaryl/α,β-unsaturated/α-hetero) is 1. The maximum absolute atomic E-state index is 11.6. The number of halogens is 1. The molecule has 0 aromatic rings. The van der Waals surface area contributed by atoms with E-state index in [1.165, 1.54) is 0 Å². The van der Waals surface area contributed by atoms with E-state index in [9.17, 15) is 4.79 Å². The molecule has 2 nitrogen and oxygen atoms in total. The molecule has 2 aliphatic rings. The van der Waals surface area contributed by atoms with Crippen LogP contribution in [-0.4, -0.2) is 11.3 Å². The Kier molecular flexibility index (Phi) is 2.79. The summed E-state index contributed by atoms with van der Waals surface area (Å²) >= 11 is 0. The Labute approximate surface area is 79.3 Å². The highest BCUT2D eigenvalue weighted by molar-refractivity contribution is 5.92. The summed E-state index contributed by atoms with van der Waals surface area (Å²) in [6, 6.07) is 0. The van der Waals surface area contributed by atoms with Gasteiger partial charge in [0.05, 0.1) is 5.54 Å². The summed E-state index contributed by atoms with van der Waals surface area (Å²) in [6.45, 7) is 0. The molecule has 0 heterocycles. The van der Waals surface area contributed by atoms with Gasteiger partial charge in [-0.15, -0.1) is 12.4 Å². The molecule has 0 radical (unpaired) electrons. The molecule has 2 saturated carbocycles. The highest BCUT2D eigenvalue weighted by atomic mass is 35.5. The number of ketones is 1. The molecular formula is C9H16ClNO. The largest absolute Gasteiger partial charge is 0.319 e. The van der Waals surface area contributed by atoms with Gasteiger partial charge in [-0.05, 0) is 25.7 Å². The molecule has 0 aromatic carbocycles. The van der Waals surface area contributed by atoms with Gasteiger partial charge in [0.2, 0.25) is 0 Å². The first-order valence-corrected chi connectivity index (χ1v) is 4.56. The van der Waals surface area contributed by atoms with Crippen molar-refractivity contribution in [2.24, 2.45) is 11.7 Å². The fourth-order valence-corrected chi connectivity index (χ4v) is 2.00. The Bertz CT molecular complexity index is 183. The number of rotatable bonds is 2. The second-order valence-corrected chi connectivity index (χ2v) is 4.00. The summed E-state index contributed by atoms with van der Waals surface area (Å²) < 4.78 is 0. The number of hydrogen-bond acceptors (Lipinski definition) is 2. The van der Waals surface area contributed by atoms with E-state index in [0.29, 0.717) is 11.7 Å². The topological polar surface area (TPSA) is 43.1 Å². The van der Waals surface area contributed by atoms with Crippen molar-refractivity contribution < 1.29 is 4.79 Å². The van der Waals surface area contributed by atoms with Crippen LogP contribution in [0.25, 0.3) is 0 Å². The lowest BCUT2D eigenvalue weighted by atomic mass is 9.90. The summed E-state index contributed by atoms with van der Waals surface area (Å²) in [5.41, 5.74) is 5.59.